The standard InChI is InChI=1S/C6H14NOP/c1-5(8)6-2-3-7(9)4-6/h5-6,8H,2-4,9H2,1H3/t5-,6-/m0/s1. The van der Waals surface area contributed by atoms with Crippen molar-refractivity contribution in [1.29, 1.82) is 0 Å². The maximum Gasteiger partial charge on any atom is 0.0553 e. The van der Waals surface area contributed by atoms with Crippen LogP contribution in [0.5, 0.6) is 0 Å². The number of aliphatic hydroxyl groups excluding tert-OH is 1. The van der Waals surface area contributed by atoms with Crippen LogP contribution in [0.3, 0.4) is 0 Å². The van der Waals surface area contributed by atoms with Crippen LogP contribution < -0.4 is 0 Å². The normalized spacial score (nSPS) is 33.0. The average molecular weight is 147 g/mol. The van der Waals surface area contributed by atoms with Crippen LogP contribution >= 0.6 is 9.39 Å². The molecule has 0 aromatic rings. The highest BCUT2D eigenvalue weighted by Gasteiger charge is 2.22. The minimum atomic E-state index is -0.129. The Labute approximate surface area is 58.5 Å². The summed E-state index contributed by atoms with van der Waals surface area (Å²) in [7, 11) is 2.66. The number of hydrogen-bond acceptors (Lipinski definition) is 2. The van der Waals surface area contributed by atoms with Crippen LogP contribution in [0.2, 0.25) is 0 Å². The predicted octanol–water partition coefficient (Wildman–Crippen LogP) is 0.479. The van der Waals surface area contributed by atoms with Crippen LogP contribution in [0, 0.1) is 5.92 Å². The maximum atomic E-state index is 9.13. The molecule has 1 heterocycles. The third-order valence-corrected chi connectivity index (χ3v) is 2.41. The van der Waals surface area contributed by atoms with Crippen molar-refractivity contribution >= 4 is 9.39 Å². The fraction of sp³-hybridized carbons (Fsp3) is 1.00. The summed E-state index contributed by atoms with van der Waals surface area (Å²) < 4.78 is 2.18. The van der Waals surface area contributed by atoms with E-state index >= 15 is 0 Å². The van der Waals surface area contributed by atoms with Crippen molar-refractivity contribution in [3.8, 4) is 0 Å². The lowest BCUT2D eigenvalue weighted by molar-refractivity contribution is 0.133. The van der Waals surface area contributed by atoms with Crippen molar-refractivity contribution in [2.75, 3.05) is 13.1 Å². The van der Waals surface area contributed by atoms with E-state index < -0.39 is 0 Å². The van der Waals surface area contributed by atoms with Gasteiger partial charge < -0.3 is 5.11 Å². The van der Waals surface area contributed by atoms with E-state index in [9.17, 15) is 0 Å². The fourth-order valence-corrected chi connectivity index (χ4v) is 1.63. The minimum absolute atomic E-state index is 0.129. The molecule has 0 aromatic heterocycles. The molecule has 1 aliphatic rings. The van der Waals surface area contributed by atoms with Crippen LogP contribution in [0.25, 0.3) is 0 Å². The molecule has 0 aromatic carbocycles. The summed E-state index contributed by atoms with van der Waals surface area (Å²) in [6.07, 6.45) is 1.01. The van der Waals surface area contributed by atoms with Crippen molar-refractivity contribution in [2.24, 2.45) is 5.92 Å². The second kappa shape index (κ2) is 2.96. The molecule has 3 atom stereocenters. The molecule has 2 nitrogen and oxygen atoms in total. The third kappa shape index (κ3) is 1.89. The van der Waals surface area contributed by atoms with Gasteiger partial charge in [0.25, 0.3) is 0 Å². The number of aliphatic hydroxyl groups is 1. The molecule has 3 heteroatoms. The molecule has 9 heavy (non-hydrogen) atoms. The molecule has 54 valence electrons. The van der Waals surface area contributed by atoms with Crippen molar-refractivity contribution in [3.05, 3.63) is 0 Å². The van der Waals surface area contributed by atoms with Crippen LogP contribution in [-0.4, -0.2) is 29.0 Å². The lowest BCUT2D eigenvalue weighted by Gasteiger charge is -2.12. The second-order valence-electron chi connectivity index (χ2n) is 2.78. The predicted molar refractivity (Wildman–Crippen MR) is 41.1 cm³/mol. The lowest BCUT2D eigenvalue weighted by atomic mass is 10.0. The first-order valence-corrected chi connectivity index (χ1v) is 3.89. The summed E-state index contributed by atoms with van der Waals surface area (Å²) in [5.41, 5.74) is 0. The van der Waals surface area contributed by atoms with E-state index in [4.69, 9.17) is 5.11 Å². The third-order valence-electron chi connectivity index (χ3n) is 1.94. The minimum Gasteiger partial charge on any atom is -0.393 e. The van der Waals surface area contributed by atoms with Gasteiger partial charge in [-0.1, -0.05) is 9.39 Å². The molecule has 1 N–H and O–H groups in total. The van der Waals surface area contributed by atoms with Crippen molar-refractivity contribution < 1.29 is 5.11 Å². The van der Waals surface area contributed by atoms with Crippen LogP contribution in [0.1, 0.15) is 13.3 Å². The Morgan fingerprint density at radius 3 is 2.67 bits per heavy atom. The van der Waals surface area contributed by atoms with E-state index in [1.54, 1.807) is 0 Å². The highest BCUT2D eigenvalue weighted by Crippen LogP contribution is 2.21. The number of hydrogen-bond donors (Lipinski definition) is 1. The van der Waals surface area contributed by atoms with E-state index in [0.717, 1.165) is 19.5 Å². The molecule has 1 fully saturated rings. The Morgan fingerprint density at radius 2 is 2.44 bits per heavy atom. The number of nitrogens with zero attached hydrogens (tertiary/aromatic N) is 1. The van der Waals surface area contributed by atoms with Crippen LogP contribution in [-0.2, 0) is 0 Å². The van der Waals surface area contributed by atoms with Gasteiger partial charge in [-0.05, 0) is 19.3 Å². The lowest BCUT2D eigenvalue weighted by Crippen LogP contribution is -2.18. The molecule has 1 saturated heterocycles. The fourth-order valence-electron chi connectivity index (χ4n) is 1.21. The Balaban J connectivity index is 2.30. The van der Waals surface area contributed by atoms with Crippen LogP contribution in [0.4, 0.5) is 0 Å². The van der Waals surface area contributed by atoms with E-state index in [0.29, 0.717) is 5.92 Å². The molecule has 0 saturated carbocycles. The van der Waals surface area contributed by atoms with Gasteiger partial charge in [0.15, 0.2) is 0 Å². The highest BCUT2D eigenvalue weighted by molar-refractivity contribution is 7.13. The van der Waals surface area contributed by atoms with Gasteiger partial charge >= 0.3 is 0 Å². The largest absolute Gasteiger partial charge is 0.393 e. The monoisotopic (exact) mass is 147 g/mol. The van der Waals surface area contributed by atoms with E-state index in [-0.39, 0.29) is 6.10 Å². The molecule has 0 spiro atoms. The molecule has 0 radical (unpaired) electrons. The topological polar surface area (TPSA) is 23.5 Å². The Bertz CT molecular complexity index is 97.1. The molecule has 1 unspecified atom stereocenters. The summed E-state index contributed by atoms with van der Waals surface area (Å²) in [5.74, 6) is 0.502. The Hall–Kier alpha value is 0.350. The van der Waals surface area contributed by atoms with E-state index in [1.807, 2.05) is 6.92 Å². The van der Waals surface area contributed by atoms with Gasteiger partial charge in [0, 0.05) is 13.1 Å². The highest BCUT2D eigenvalue weighted by atomic mass is 31.0. The van der Waals surface area contributed by atoms with Gasteiger partial charge in [0.05, 0.1) is 6.10 Å². The molecular formula is C6H14NOP. The van der Waals surface area contributed by atoms with Crippen LogP contribution in [0.15, 0.2) is 0 Å². The molecule has 1 rings (SSSR count). The molecule has 1 aliphatic heterocycles. The SMILES string of the molecule is C[C@H](O)[C@H]1CCN(P)C1. The summed E-state index contributed by atoms with van der Waals surface area (Å²) in [4.78, 5) is 0. The maximum absolute atomic E-state index is 9.13. The van der Waals surface area contributed by atoms with Gasteiger partial charge in [0.2, 0.25) is 0 Å². The molecule has 0 amide bonds. The summed E-state index contributed by atoms with van der Waals surface area (Å²) in [6.45, 7) is 4.01. The summed E-state index contributed by atoms with van der Waals surface area (Å²) in [6, 6.07) is 0. The Morgan fingerprint density at radius 1 is 1.78 bits per heavy atom. The van der Waals surface area contributed by atoms with Gasteiger partial charge in [-0.2, -0.15) is 0 Å². The zero-order chi connectivity index (χ0) is 6.85. The van der Waals surface area contributed by atoms with Crippen molar-refractivity contribution in [2.45, 2.75) is 19.4 Å². The number of rotatable bonds is 1. The second-order valence-corrected chi connectivity index (χ2v) is 3.51. The average Bonchev–Trinajstić information content (AvgIpc) is 2.14. The zero-order valence-electron chi connectivity index (χ0n) is 5.75. The molecule has 0 bridgehead atoms. The molecular weight excluding hydrogens is 133 g/mol. The quantitative estimate of drug-likeness (QED) is 0.545. The van der Waals surface area contributed by atoms with Gasteiger partial charge in [-0.3, -0.25) is 4.67 Å². The first-order chi connectivity index (χ1) is 4.20. The van der Waals surface area contributed by atoms with Gasteiger partial charge in [-0.25, -0.2) is 0 Å². The van der Waals surface area contributed by atoms with E-state index in [1.165, 1.54) is 0 Å². The zero-order valence-corrected chi connectivity index (χ0v) is 6.90. The van der Waals surface area contributed by atoms with Gasteiger partial charge in [-0.15, -0.1) is 0 Å². The van der Waals surface area contributed by atoms with E-state index in [2.05, 4.69) is 14.1 Å². The van der Waals surface area contributed by atoms with Gasteiger partial charge in [0.1, 0.15) is 0 Å². The molecule has 0 aliphatic carbocycles. The first kappa shape index (κ1) is 7.46. The summed E-state index contributed by atoms with van der Waals surface area (Å²) in [5, 5.41) is 9.13. The smallest absolute Gasteiger partial charge is 0.0553 e. The first-order valence-electron chi connectivity index (χ1n) is 3.38. The summed E-state index contributed by atoms with van der Waals surface area (Å²) >= 11 is 0. The van der Waals surface area contributed by atoms with Crippen molar-refractivity contribution in [1.82, 2.24) is 4.67 Å². The Kier molecular flexibility index (Phi) is 2.45. The van der Waals surface area contributed by atoms with Crippen molar-refractivity contribution in [3.63, 3.8) is 0 Å².